The van der Waals surface area contributed by atoms with Gasteiger partial charge < -0.3 is 16.4 Å². The summed E-state index contributed by atoms with van der Waals surface area (Å²) >= 11 is 0. The summed E-state index contributed by atoms with van der Waals surface area (Å²) in [5.74, 6) is -0.670. The number of aryl methyl sites for hydroxylation is 1. The van der Waals surface area contributed by atoms with Gasteiger partial charge >= 0.3 is 0 Å². The maximum atomic E-state index is 11.3. The molecular formula is C9H15N5O2. The summed E-state index contributed by atoms with van der Waals surface area (Å²) < 4.78 is 1.69. The lowest BCUT2D eigenvalue weighted by atomic mass is 10.5. The lowest BCUT2D eigenvalue weighted by molar-refractivity contribution is -0.123. The predicted octanol–water partition coefficient (Wildman–Crippen LogP) is -1.08. The van der Waals surface area contributed by atoms with Gasteiger partial charge in [0.05, 0.1) is 25.0 Å². The van der Waals surface area contributed by atoms with Crippen LogP contribution in [0.4, 0.5) is 5.69 Å². The molecule has 0 atom stereocenters. The smallest absolute Gasteiger partial charge is 0.243 e. The van der Waals surface area contributed by atoms with E-state index in [1.807, 2.05) is 6.92 Å². The summed E-state index contributed by atoms with van der Waals surface area (Å²) in [4.78, 5) is 22.1. The van der Waals surface area contributed by atoms with Crippen molar-refractivity contribution in [3.8, 4) is 0 Å². The largest absolute Gasteiger partial charge is 0.346 e. The van der Waals surface area contributed by atoms with Crippen molar-refractivity contribution in [3.05, 3.63) is 12.4 Å². The summed E-state index contributed by atoms with van der Waals surface area (Å²) in [6.45, 7) is 2.47. The first-order valence-electron chi connectivity index (χ1n) is 4.94. The van der Waals surface area contributed by atoms with Crippen LogP contribution in [0.25, 0.3) is 0 Å². The van der Waals surface area contributed by atoms with E-state index in [2.05, 4.69) is 15.7 Å². The van der Waals surface area contributed by atoms with Crippen molar-refractivity contribution >= 4 is 17.5 Å². The minimum Gasteiger partial charge on any atom is -0.346 e. The van der Waals surface area contributed by atoms with Gasteiger partial charge in [-0.2, -0.15) is 5.10 Å². The second-order valence-corrected chi connectivity index (χ2v) is 3.11. The fourth-order valence-electron chi connectivity index (χ4n) is 1.06. The Labute approximate surface area is 93.0 Å². The van der Waals surface area contributed by atoms with Crippen LogP contribution in [0.15, 0.2) is 12.4 Å². The Morgan fingerprint density at radius 3 is 2.81 bits per heavy atom. The molecule has 0 radical (unpaired) electrons. The summed E-state index contributed by atoms with van der Waals surface area (Å²) in [6.07, 6.45) is 3.26. The molecule has 0 aliphatic carbocycles. The second-order valence-electron chi connectivity index (χ2n) is 3.11. The molecule has 0 spiro atoms. The third kappa shape index (κ3) is 3.70. The molecule has 7 heteroatoms. The predicted molar refractivity (Wildman–Crippen MR) is 58.6 cm³/mol. The Balaban J connectivity index is 2.36. The van der Waals surface area contributed by atoms with Crippen LogP contribution in [0.2, 0.25) is 0 Å². The third-order valence-electron chi connectivity index (χ3n) is 1.87. The van der Waals surface area contributed by atoms with Gasteiger partial charge in [0.2, 0.25) is 11.8 Å². The van der Waals surface area contributed by atoms with Crippen LogP contribution in [-0.4, -0.2) is 34.7 Å². The van der Waals surface area contributed by atoms with Crippen LogP contribution in [0.5, 0.6) is 0 Å². The zero-order chi connectivity index (χ0) is 12.0. The second kappa shape index (κ2) is 5.86. The van der Waals surface area contributed by atoms with Crippen LogP contribution in [0, 0.1) is 0 Å². The van der Waals surface area contributed by atoms with Gasteiger partial charge in [-0.25, -0.2) is 0 Å². The average molecular weight is 225 g/mol. The quantitative estimate of drug-likeness (QED) is 0.593. The van der Waals surface area contributed by atoms with Gasteiger partial charge in [-0.15, -0.1) is 0 Å². The van der Waals surface area contributed by atoms with E-state index in [4.69, 9.17) is 5.73 Å². The summed E-state index contributed by atoms with van der Waals surface area (Å²) in [7, 11) is 0. The number of nitrogens with one attached hydrogen (secondary N) is 2. The monoisotopic (exact) mass is 225 g/mol. The molecule has 0 fully saturated rings. The molecule has 1 rings (SSSR count). The van der Waals surface area contributed by atoms with Gasteiger partial charge in [-0.1, -0.05) is 0 Å². The first-order valence-corrected chi connectivity index (χ1v) is 4.94. The van der Waals surface area contributed by atoms with Gasteiger partial charge in [0.15, 0.2) is 0 Å². The fraction of sp³-hybridized carbons (Fsp3) is 0.444. The van der Waals surface area contributed by atoms with Gasteiger partial charge in [0.1, 0.15) is 0 Å². The molecule has 1 heterocycles. The third-order valence-corrected chi connectivity index (χ3v) is 1.87. The van der Waals surface area contributed by atoms with E-state index < -0.39 is 0 Å². The molecule has 88 valence electrons. The minimum atomic E-state index is -0.362. The van der Waals surface area contributed by atoms with Gasteiger partial charge in [-0.05, 0) is 6.92 Å². The van der Waals surface area contributed by atoms with Gasteiger partial charge in [0, 0.05) is 12.7 Å². The highest BCUT2D eigenvalue weighted by Crippen LogP contribution is 2.03. The molecule has 0 aliphatic rings. The van der Waals surface area contributed by atoms with Crippen molar-refractivity contribution in [3.63, 3.8) is 0 Å². The molecule has 0 saturated carbocycles. The highest BCUT2D eigenvalue weighted by molar-refractivity contribution is 5.94. The first-order chi connectivity index (χ1) is 7.65. The zero-order valence-electron chi connectivity index (χ0n) is 9.06. The van der Waals surface area contributed by atoms with E-state index in [9.17, 15) is 9.59 Å². The molecule has 0 saturated heterocycles. The first kappa shape index (κ1) is 12.2. The Hall–Kier alpha value is -1.89. The molecule has 0 bridgehead atoms. The summed E-state index contributed by atoms with van der Waals surface area (Å²) in [6, 6.07) is 0. The number of hydrogen-bond donors (Lipinski definition) is 3. The van der Waals surface area contributed by atoms with E-state index in [1.165, 1.54) is 0 Å². The normalized spacial score (nSPS) is 9.88. The highest BCUT2D eigenvalue weighted by atomic mass is 16.2. The number of nitrogens with two attached hydrogens (primary N) is 1. The molecule has 16 heavy (non-hydrogen) atoms. The van der Waals surface area contributed by atoms with Crippen molar-refractivity contribution in [2.75, 3.05) is 18.4 Å². The molecule has 4 N–H and O–H groups in total. The van der Waals surface area contributed by atoms with Crippen LogP contribution in [0.3, 0.4) is 0 Å². The zero-order valence-corrected chi connectivity index (χ0v) is 9.06. The van der Waals surface area contributed by atoms with Crippen molar-refractivity contribution in [2.45, 2.75) is 13.5 Å². The maximum absolute atomic E-state index is 11.3. The highest BCUT2D eigenvalue weighted by Gasteiger charge is 2.05. The summed E-state index contributed by atoms with van der Waals surface area (Å²) in [5, 5.41) is 8.96. The Kier molecular flexibility index (Phi) is 4.46. The molecule has 0 aromatic carbocycles. The Morgan fingerprint density at radius 2 is 2.25 bits per heavy atom. The number of carbonyl (C=O) groups is 2. The van der Waals surface area contributed by atoms with Crippen LogP contribution in [0.1, 0.15) is 6.92 Å². The number of rotatable bonds is 5. The Morgan fingerprint density at radius 1 is 1.50 bits per heavy atom. The maximum Gasteiger partial charge on any atom is 0.243 e. The molecule has 1 aromatic rings. The molecule has 0 aliphatic heterocycles. The van der Waals surface area contributed by atoms with Gasteiger partial charge in [0.25, 0.3) is 0 Å². The lowest BCUT2D eigenvalue weighted by Crippen LogP contribution is -2.36. The van der Waals surface area contributed by atoms with Crippen molar-refractivity contribution < 1.29 is 9.59 Å². The van der Waals surface area contributed by atoms with E-state index in [-0.39, 0.29) is 24.9 Å². The number of anilines is 1. The van der Waals surface area contributed by atoms with Gasteiger partial charge in [-0.3, -0.25) is 14.3 Å². The number of nitrogens with zero attached hydrogens (tertiary/aromatic N) is 2. The van der Waals surface area contributed by atoms with E-state index in [0.717, 1.165) is 6.54 Å². The molecular weight excluding hydrogens is 210 g/mol. The van der Waals surface area contributed by atoms with E-state index in [0.29, 0.717) is 5.69 Å². The molecule has 1 aromatic heterocycles. The van der Waals surface area contributed by atoms with Crippen molar-refractivity contribution in [1.29, 1.82) is 0 Å². The van der Waals surface area contributed by atoms with Crippen LogP contribution in [-0.2, 0) is 16.1 Å². The van der Waals surface area contributed by atoms with E-state index >= 15 is 0 Å². The van der Waals surface area contributed by atoms with E-state index in [1.54, 1.807) is 17.1 Å². The molecule has 0 unspecified atom stereocenters. The topological polar surface area (TPSA) is 102 Å². The number of carbonyl (C=O) groups excluding carboxylic acids is 2. The van der Waals surface area contributed by atoms with Crippen molar-refractivity contribution in [1.82, 2.24) is 15.1 Å². The average Bonchev–Trinajstić information content (AvgIpc) is 2.73. The molecule has 2 amide bonds. The number of aromatic nitrogens is 2. The SMILES string of the molecule is CCn1cc(NC(=O)CNC(=O)CN)cn1. The van der Waals surface area contributed by atoms with Crippen LogP contribution < -0.4 is 16.4 Å². The lowest BCUT2D eigenvalue weighted by Gasteiger charge is -2.03. The minimum absolute atomic E-state index is 0.0899. The van der Waals surface area contributed by atoms with Crippen LogP contribution >= 0.6 is 0 Å². The van der Waals surface area contributed by atoms with Crippen molar-refractivity contribution in [2.24, 2.45) is 5.73 Å². The fourth-order valence-corrected chi connectivity index (χ4v) is 1.06. The summed E-state index contributed by atoms with van der Waals surface area (Å²) in [5.41, 5.74) is 5.68. The standard InChI is InChI=1S/C9H15N5O2/c1-2-14-6-7(4-12-14)13-9(16)5-11-8(15)3-10/h4,6H,2-3,5,10H2,1H3,(H,11,15)(H,13,16). The number of amides is 2. The molecule has 7 nitrogen and oxygen atoms in total. The number of hydrogen-bond acceptors (Lipinski definition) is 4. The Bertz CT molecular complexity index is 374.